The van der Waals surface area contributed by atoms with E-state index in [1.54, 1.807) is 34.5 Å². The molecular formula is C18H46N6O5S2. The van der Waals surface area contributed by atoms with Gasteiger partial charge in [0.15, 0.2) is 5.88 Å². The standard InChI is InChI=1S/C5H12N2.C4H9NO.C3H9NO2S.C3H9NOS.C3H7NO/c1-5(6-2)7(3)4;1-4(5-2)6-3;1-4-7(3,5)6-2;1-4-6(2,3)5;1-3(5)4-2/h6H,1H2,2-4H3;5H,1H2,2-3H3;3H2,1-2H3,(H,4,5);2H2,1,3H3,(H,4,5);1-2H3,(H,4,5). The molecule has 2 unspecified atom stereocenters. The molecule has 1 amide bonds. The summed E-state index contributed by atoms with van der Waals surface area (Å²) in [6, 6.07) is 0. The molecule has 5 N–H and O–H groups in total. The number of nitrogens with one attached hydrogen (secondary N) is 5. The van der Waals surface area contributed by atoms with Crippen LogP contribution in [0, 0.1) is 0 Å². The average Bonchev–Trinajstić information content (AvgIpc) is 2.73. The zero-order chi connectivity index (χ0) is 26.3. The maximum Gasteiger partial charge on any atom is 0.216 e. The molecule has 0 aromatic carbocycles. The number of hydrogen-bond acceptors (Lipinski definition) is 8. The monoisotopic (exact) mass is 490 g/mol. The molecule has 0 rings (SSSR count). The molecule has 31 heavy (non-hydrogen) atoms. The van der Waals surface area contributed by atoms with Crippen molar-refractivity contribution in [2.24, 2.45) is 0 Å². The Labute approximate surface area is 191 Å². The van der Waals surface area contributed by atoms with Crippen molar-refractivity contribution in [1.82, 2.24) is 30.3 Å². The lowest BCUT2D eigenvalue weighted by atomic mass is 10.7. The van der Waals surface area contributed by atoms with Gasteiger partial charge in [-0.1, -0.05) is 6.58 Å². The van der Waals surface area contributed by atoms with Crippen molar-refractivity contribution in [3.8, 4) is 0 Å². The summed E-state index contributed by atoms with van der Waals surface area (Å²) < 4.78 is 34.7. The highest BCUT2D eigenvalue weighted by Gasteiger charge is 1.89. The predicted molar refractivity (Wildman–Crippen MR) is 138 cm³/mol. The predicted octanol–water partition coefficient (Wildman–Crippen LogP) is -0.820. The van der Waals surface area contributed by atoms with Crippen LogP contribution in [0.3, 0.4) is 0 Å². The third-order valence-electron chi connectivity index (χ3n) is 2.72. The van der Waals surface area contributed by atoms with Crippen LogP contribution in [0.25, 0.3) is 0 Å². The molecular weight excluding hydrogens is 444 g/mol. The quantitative estimate of drug-likeness (QED) is 0.231. The zero-order valence-electron chi connectivity index (χ0n) is 21.1. The summed E-state index contributed by atoms with van der Waals surface area (Å²) in [5.41, 5.74) is 0. The number of nitrogens with zero attached hydrogens (tertiary/aromatic N) is 1. The van der Waals surface area contributed by atoms with Crippen LogP contribution in [0.15, 0.2) is 24.9 Å². The molecule has 0 aliphatic rings. The Bertz CT molecular complexity index is 647. The van der Waals surface area contributed by atoms with E-state index in [2.05, 4.69) is 59.2 Å². The SMILES string of the molecule is C=C(NC)N(C)C.C=C(NC)OC.C=S(=O)(NC)OC.C=S(C)(=O)NC.CNC(C)=O. The maximum absolute atomic E-state index is 10.5. The van der Waals surface area contributed by atoms with Gasteiger partial charge in [-0.15, -0.1) is 0 Å². The van der Waals surface area contributed by atoms with E-state index in [1.807, 2.05) is 26.0 Å². The normalized spacial score (nSPS) is 12.2. The topological polar surface area (TPSA) is 133 Å². The molecule has 0 heterocycles. The molecule has 13 heteroatoms. The molecule has 190 valence electrons. The van der Waals surface area contributed by atoms with E-state index in [1.165, 1.54) is 21.1 Å². The molecule has 0 aliphatic heterocycles. The van der Waals surface area contributed by atoms with Crippen molar-refractivity contribution in [1.29, 1.82) is 0 Å². The Hall–Kier alpha value is -1.93. The summed E-state index contributed by atoms with van der Waals surface area (Å²) in [5.74, 6) is 8.03. The number of carbonyl (C=O) groups is 1. The van der Waals surface area contributed by atoms with Gasteiger partial charge in [-0.2, -0.15) is 0 Å². The molecule has 0 radical (unpaired) electrons. The van der Waals surface area contributed by atoms with Crippen molar-refractivity contribution in [2.75, 3.05) is 69.8 Å². The number of rotatable bonds is 7. The number of amides is 1. The zero-order valence-corrected chi connectivity index (χ0v) is 22.8. The van der Waals surface area contributed by atoms with Gasteiger partial charge in [0.1, 0.15) is 9.99 Å². The summed E-state index contributed by atoms with van der Waals surface area (Å²) in [6.45, 7) is 8.62. The summed E-state index contributed by atoms with van der Waals surface area (Å²) in [5, 5.41) is 7.98. The average molecular weight is 491 g/mol. The first-order valence-electron chi connectivity index (χ1n) is 8.69. The van der Waals surface area contributed by atoms with Crippen LogP contribution < -0.4 is 25.4 Å². The van der Waals surface area contributed by atoms with E-state index in [-0.39, 0.29) is 5.91 Å². The number of methoxy groups -OCH3 is 1. The first-order chi connectivity index (χ1) is 13.9. The second kappa shape index (κ2) is 24.3. The third kappa shape index (κ3) is 52.5. The largest absolute Gasteiger partial charge is 0.483 e. The highest BCUT2D eigenvalue weighted by molar-refractivity contribution is 7.97. The van der Waals surface area contributed by atoms with Gasteiger partial charge in [-0.25, -0.2) is 13.7 Å². The van der Waals surface area contributed by atoms with E-state index in [0.717, 1.165) is 5.82 Å². The maximum atomic E-state index is 10.5. The van der Waals surface area contributed by atoms with Crippen molar-refractivity contribution >= 4 is 37.3 Å². The molecule has 2 atom stereocenters. The van der Waals surface area contributed by atoms with E-state index in [0.29, 0.717) is 5.88 Å². The minimum absolute atomic E-state index is 0.00463. The Morgan fingerprint density at radius 1 is 0.871 bits per heavy atom. The van der Waals surface area contributed by atoms with Crippen LogP contribution in [0.2, 0.25) is 0 Å². The first-order valence-corrected chi connectivity index (χ1v) is 12.5. The molecule has 0 spiro atoms. The van der Waals surface area contributed by atoms with Crippen molar-refractivity contribution in [2.45, 2.75) is 6.92 Å². The van der Waals surface area contributed by atoms with Gasteiger partial charge in [0.2, 0.25) is 5.91 Å². The Kier molecular flexibility index (Phi) is 31.0. The second-order valence-corrected chi connectivity index (χ2v) is 9.86. The van der Waals surface area contributed by atoms with Crippen molar-refractivity contribution in [3.05, 3.63) is 24.9 Å². The molecule has 0 aromatic heterocycles. The van der Waals surface area contributed by atoms with Crippen LogP contribution in [-0.2, 0) is 33.4 Å². The fourth-order valence-corrected chi connectivity index (χ4v) is 0.576. The molecule has 0 saturated carbocycles. The van der Waals surface area contributed by atoms with Gasteiger partial charge >= 0.3 is 0 Å². The minimum atomic E-state index is -2.41. The fraction of sp³-hybridized carbons (Fsp3) is 0.611. The minimum Gasteiger partial charge on any atom is -0.483 e. The summed E-state index contributed by atoms with van der Waals surface area (Å²) in [4.78, 5) is 11.6. The van der Waals surface area contributed by atoms with Crippen molar-refractivity contribution in [3.63, 3.8) is 0 Å². The summed E-state index contributed by atoms with van der Waals surface area (Å²) in [6.07, 6.45) is 1.55. The van der Waals surface area contributed by atoms with Gasteiger partial charge in [0, 0.05) is 58.1 Å². The van der Waals surface area contributed by atoms with Crippen LogP contribution in [0.5, 0.6) is 0 Å². The Balaban J connectivity index is -0.0000000913. The highest BCUT2D eigenvalue weighted by Crippen LogP contribution is 1.82. The van der Waals surface area contributed by atoms with Gasteiger partial charge in [0.05, 0.1) is 20.0 Å². The lowest BCUT2D eigenvalue weighted by molar-refractivity contribution is -0.118. The molecule has 11 nitrogen and oxygen atoms in total. The number of hydrogen-bond donors (Lipinski definition) is 5. The van der Waals surface area contributed by atoms with E-state index in [4.69, 9.17) is 0 Å². The Morgan fingerprint density at radius 3 is 1.23 bits per heavy atom. The van der Waals surface area contributed by atoms with Gasteiger partial charge < -0.3 is 25.6 Å². The fourth-order valence-electron chi connectivity index (χ4n) is 0.409. The molecule has 0 fully saturated rings. The van der Waals surface area contributed by atoms with Crippen LogP contribution >= 0.6 is 0 Å². The van der Waals surface area contributed by atoms with Gasteiger partial charge in [0.25, 0.3) is 0 Å². The van der Waals surface area contributed by atoms with Crippen LogP contribution in [-0.4, -0.2) is 101 Å². The third-order valence-corrected chi connectivity index (χ3v) is 4.74. The van der Waals surface area contributed by atoms with E-state index in [9.17, 15) is 13.2 Å². The van der Waals surface area contributed by atoms with E-state index >= 15 is 0 Å². The van der Waals surface area contributed by atoms with Gasteiger partial charge in [-0.3, -0.25) is 13.2 Å². The van der Waals surface area contributed by atoms with Crippen LogP contribution in [0.1, 0.15) is 6.92 Å². The molecule has 0 aromatic rings. The second-order valence-electron chi connectivity index (χ2n) is 5.47. The summed E-state index contributed by atoms with van der Waals surface area (Å²) >= 11 is 0. The highest BCUT2D eigenvalue weighted by atomic mass is 32.2. The smallest absolute Gasteiger partial charge is 0.216 e. The first kappa shape index (κ1) is 39.5. The van der Waals surface area contributed by atoms with E-state index < -0.39 is 19.7 Å². The van der Waals surface area contributed by atoms with Crippen LogP contribution in [0.4, 0.5) is 0 Å². The lowest BCUT2D eigenvalue weighted by Crippen LogP contribution is -2.20. The molecule has 0 saturated heterocycles. The molecule has 0 aliphatic carbocycles. The lowest BCUT2D eigenvalue weighted by Gasteiger charge is -2.13. The Morgan fingerprint density at radius 2 is 1.23 bits per heavy atom. The summed E-state index contributed by atoms with van der Waals surface area (Å²) in [7, 11) is 10.8. The number of carbonyl (C=O) groups excluding carboxylic acids is 1. The molecule has 0 bridgehead atoms. The van der Waals surface area contributed by atoms with Crippen molar-refractivity contribution < 1.29 is 22.1 Å². The van der Waals surface area contributed by atoms with Gasteiger partial charge in [-0.05, 0) is 32.4 Å². The number of ether oxygens (including phenoxy) is 1.